The van der Waals surface area contributed by atoms with Crippen molar-refractivity contribution in [2.24, 2.45) is 0 Å². The van der Waals surface area contributed by atoms with Gasteiger partial charge in [-0.3, -0.25) is 9.59 Å². The molecule has 2 aromatic carbocycles. The minimum atomic E-state index is -0.597. The zero-order chi connectivity index (χ0) is 19.4. The van der Waals surface area contributed by atoms with E-state index in [9.17, 15) is 9.59 Å². The second-order valence-electron chi connectivity index (χ2n) is 6.16. The molecule has 0 aliphatic rings. The number of benzene rings is 2. The number of carbonyl (C=O) groups excluding carboxylic acids is 2. The normalized spacial score (nSPS) is 10.4. The van der Waals surface area contributed by atoms with Crippen LogP contribution in [0.2, 0.25) is 0 Å². The molecular formula is C22H21N3O2. The fourth-order valence-electron chi connectivity index (χ4n) is 3.06. The number of para-hydroxylation sites is 2. The van der Waals surface area contributed by atoms with Crippen LogP contribution in [0.3, 0.4) is 0 Å². The number of hydrogen-bond acceptors (Lipinski definition) is 3. The zero-order valence-electron chi connectivity index (χ0n) is 15.4. The minimum Gasteiger partial charge on any atom is -0.302 e. The lowest BCUT2D eigenvalue weighted by atomic mass is 10.1. The monoisotopic (exact) mass is 359 g/mol. The summed E-state index contributed by atoms with van der Waals surface area (Å²) in [6.45, 7) is 7.49. The molecule has 0 N–H and O–H groups in total. The first-order valence-corrected chi connectivity index (χ1v) is 8.68. The van der Waals surface area contributed by atoms with E-state index in [-0.39, 0.29) is 6.54 Å². The summed E-state index contributed by atoms with van der Waals surface area (Å²) in [5, 5.41) is 4.47. The van der Waals surface area contributed by atoms with E-state index in [2.05, 4.69) is 11.7 Å². The zero-order valence-corrected chi connectivity index (χ0v) is 15.4. The first-order chi connectivity index (χ1) is 13.0. The number of amides is 1. The summed E-state index contributed by atoms with van der Waals surface area (Å²) >= 11 is 0. The largest absolute Gasteiger partial charge is 0.302 e. The molecule has 27 heavy (non-hydrogen) atoms. The van der Waals surface area contributed by atoms with Crippen molar-refractivity contribution in [2.75, 3.05) is 11.4 Å². The molecule has 0 saturated heterocycles. The highest BCUT2D eigenvalue weighted by atomic mass is 16.2. The summed E-state index contributed by atoms with van der Waals surface area (Å²) in [5.41, 5.74) is 3.01. The van der Waals surface area contributed by atoms with Crippen LogP contribution in [0.5, 0.6) is 0 Å². The summed E-state index contributed by atoms with van der Waals surface area (Å²) in [6.07, 6.45) is 1.60. The molecule has 5 heteroatoms. The van der Waals surface area contributed by atoms with E-state index >= 15 is 0 Å². The molecule has 0 atom stereocenters. The molecule has 0 saturated carbocycles. The van der Waals surface area contributed by atoms with Crippen molar-refractivity contribution in [1.82, 2.24) is 9.78 Å². The lowest BCUT2D eigenvalue weighted by molar-refractivity contribution is -0.114. The van der Waals surface area contributed by atoms with Gasteiger partial charge >= 0.3 is 0 Å². The Morgan fingerprint density at radius 3 is 2.22 bits per heavy atom. The highest BCUT2D eigenvalue weighted by molar-refractivity contribution is 6.47. The highest BCUT2D eigenvalue weighted by Crippen LogP contribution is 2.21. The molecular weight excluding hydrogens is 338 g/mol. The van der Waals surface area contributed by atoms with Crippen LogP contribution in [0.25, 0.3) is 5.69 Å². The topological polar surface area (TPSA) is 55.2 Å². The van der Waals surface area contributed by atoms with Crippen LogP contribution in [0.1, 0.15) is 21.7 Å². The Morgan fingerprint density at radius 2 is 1.63 bits per heavy atom. The minimum absolute atomic E-state index is 0.250. The Morgan fingerprint density at radius 1 is 1.04 bits per heavy atom. The van der Waals surface area contributed by atoms with Gasteiger partial charge in [-0.1, -0.05) is 42.5 Å². The van der Waals surface area contributed by atoms with Crippen LogP contribution >= 0.6 is 0 Å². The molecule has 0 bridgehead atoms. The summed E-state index contributed by atoms with van der Waals surface area (Å²) in [7, 11) is 0. The van der Waals surface area contributed by atoms with Crippen LogP contribution in [0.4, 0.5) is 5.69 Å². The van der Waals surface area contributed by atoms with Gasteiger partial charge < -0.3 is 4.90 Å². The van der Waals surface area contributed by atoms with Crippen molar-refractivity contribution in [2.45, 2.75) is 13.8 Å². The molecule has 3 rings (SSSR count). The Bertz CT molecular complexity index is 976. The van der Waals surface area contributed by atoms with Gasteiger partial charge in [-0.15, -0.1) is 6.58 Å². The average molecular weight is 359 g/mol. The second kappa shape index (κ2) is 7.83. The van der Waals surface area contributed by atoms with Gasteiger partial charge in [0, 0.05) is 12.2 Å². The Labute approximate surface area is 158 Å². The molecule has 1 amide bonds. The molecule has 0 spiro atoms. The third-order valence-corrected chi connectivity index (χ3v) is 4.34. The van der Waals surface area contributed by atoms with Crippen molar-refractivity contribution < 1.29 is 9.59 Å². The summed E-state index contributed by atoms with van der Waals surface area (Å²) in [6, 6.07) is 18.6. The first-order valence-electron chi connectivity index (χ1n) is 8.68. The number of rotatable bonds is 6. The second-order valence-corrected chi connectivity index (χ2v) is 6.16. The number of nitrogens with zero attached hydrogens (tertiary/aromatic N) is 3. The maximum Gasteiger partial charge on any atom is 0.299 e. The Balaban J connectivity index is 1.99. The molecule has 1 heterocycles. The lowest BCUT2D eigenvalue weighted by Gasteiger charge is -2.20. The Kier molecular flexibility index (Phi) is 5.31. The first kappa shape index (κ1) is 18.3. The fourth-order valence-corrected chi connectivity index (χ4v) is 3.06. The van der Waals surface area contributed by atoms with Crippen molar-refractivity contribution in [3.8, 4) is 5.69 Å². The summed E-state index contributed by atoms with van der Waals surface area (Å²) < 4.78 is 1.69. The third kappa shape index (κ3) is 3.58. The van der Waals surface area contributed by atoms with Gasteiger partial charge in [-0.2, -0.15) is 5.10 Å². The summed E-state index contributed by atoms with van der Waals surface area (Å²) in [4.78, 5) is 27.4. The lowest BCUT2D eigenvalue weighted by Crippen LogP contribution is -2.37. The van der Waals surface area contributed by atoms with Crippen molar-refractivity contribution in [1.29, 1.82) is 0 Å². The maximum absolute atomic E-state index is 13.0. The predicted molar refractivity (Wildman–Crippen MR) is 106 cm³/mol. The van der Waals surface area contributed by atoms with E-state index < -0.39 is 11.7 Å². The standard InChI is InChI=1S/C22H21N3O2/c1-4-15-24(18-11-7-5-8-12-18)22(27)21(26)20-16(2)23-25(17(20)3)19-13-9-6-10-14-19/h4-14H,1,15H2,2-3H3. The van der Waals surface area contributed by atoms with Crippen molar-refractivity contribution in [3.63, 3.8) is 0 Å². The molecule has 0 radical (unpaired) electrons. The molecule has 0 unspecified atom stereocenters. The maximum atomic E-state index is 13.0. The van der Waals surface area contributed by atoms with Crippen LogP contribution in [-0.2, 0) is 4.79 Å². The predicted octanol–water partition coefficient (Wildman–Crippen LogP) is 3.89. The molecule has 1 aromatic heterocycles. The van der Waals surface area contributed by atoms with Gasteiger partial charge in [0.2, 0.25) is 0 Å². The van der Waals surface area contributed by atoms with Crippen LogP contribution in [-0.4, -0.2) is 28.0 Å². The molecule has 0 aliphatic carbocycles. The Hall–Kier alpha value is -3.47. The molecule has 0 aliphatic heterocycles. The molecule has 3 aromatic rings. The van der Waals surface area contributed by atoms with Crippen LogP contribution in [0, 0.1) is 13.8 Å². The van der Waals surface area contributed by atoms with Gasteiger partial charge in [0.05, 0.1) is 22.6 Å². The molecule has 136 valence electrons. The highest BCUT2D eigenvalue weighted by Gasteiger charge is 2.29. The number of ketones is 1. The van der Waals surface area contributed by atoms with E-state index in [1.165, 1.54) is 4.90 Å². The van der Waals surface area contributed by atoms with E-state index in [1.807, 2.05) is 48.5 Å². The number of Topliss-reactive ketones (excluding diaryl/α,β-unsaturated/α-hetero) is 1. The number of aromatic nitrogens is 2. The van der Waals surface area contributed by atoms with Crippen molar-refractivity contribution in [3.05, 3.63) is 90.3 Å². The SMILES string of the molecule is C=CCN(C(=O)C(=O)c1c(C)nn(-c2ccccc2)c1C)c1ccccc1. The van der Waals surface area contributed by atoms with E-state index in [0.29, 0.717) is 22.6 Å². The van der Waals surface area contributed by atoms with Crippen LogP contribution < -0.4 is 4.90 Å². The van der Waals surface area contributed by atoms with Crippen molar-refractivity contribution >= 4 is 17.4 Å². The van der Waals surface area contributed by atoms with Gasteiger partial charge in [0.25, 0.3) is 11.7 Å². The number of hydrogen-bond donors (Lipinski definition) is 0. The quantitative estimate of drug-likeness (QED) is 0.381. The summed E-state index contributed by atoms with van der Waals surface area (Å²) in [5.74, 6) is -1.17. The number of anilines is 1. The smallest absolute Gasteiger partial charge is 0.299 e. The molecule has 5 nitrogen and oxygen atoms in total. The van der Waals surface area contributed by atoms with Gasteiger partial charge in [0.1, 0.15) is 0 Å². The van der Waals surface area contributed by atoms with Crippen LogP contribution in [0.15, 0.2) is 73.3 Å². The van der Waals surface area contributed by atoms with E-state index in [0.717, 1.165) is 5.69 Å². The molecule has 0 fully saturated rings. The van der Waals surface area contributed by atoms with E-state index in [1.54, 1.807) is 36.7 Å². The fraction of sp³-hybridized carbons (Fsp3) is 0.136. The third-order valence-electron chi connectivity index (χ3n) is 4.34. The van der Waals surface area contributed by atoms with E-state index in [4.69, 9.17) is 0 Å². The number of aryl methyl sites for hydroxylation is 1. The van der Waals surface area contributed by atoms with Gasteiger partial charge in [0.15, 0.2) is 0 Å². The average Bonchev–Trinajstić information content (AvgIpc) is 3.00. The van der Waals surface area contributed by atoms with Gasteiger partial charge in [-0.05, 0) is 38.1 Å². The van der Waals surface area contributed by atoms with Gasteiger partial charge in [-0.25, -0.2) is 4.68 Å². The number of carbonyl (C=O) groups is 2.